The first-order valence-electron chi connectivity index (χ1n) is 3.73. The fourth-order valence-electron chi connectivity index (χ4n) is 1.16. The molecule has 2 N–H and O–H groups in total. The lowest BCUT2D eigenvalue weighted by molar-refractivity contribution is 0.668. The Morgan fingerprint density at radius 3 is 2.83 bits per heavy atom. The summed E-state index contributed by atoms with van der Waals surface area (Å²) in [5.41, 5.74) is 7.02. The Bertz CT molecular complexity index is 242. The number of nitrogens with zero attached hydrogens (tertiary/aromatic N) is 1. The first-order chi connectivity index (χ1) is 5.25. The standard InChI is InChI=1S/C9H14N2.ClH/c1-3-5-8(10)9-6-4-7-11(9)2;/h3-4,6-8H,1,5,10H2,2H3;1H/t8-;/m1./s1. The molecule has 0 bridgehead atoms. The van der Waals surface area contributed by atoms with Crippen LogP contribution >= 0.6 is 12.4 Å². The fraction of sp³-hybridized carbons (Fsp3) is 0.333. The average Bonchev–Trinajstić information content (AvgIpc) is 2.36. The van der Waals surface area contributed by atoms with Crippen molar-refractivity contribution in [2.24, 2.45) is 12.8 Å². The van der Waals surface area contributed by atoms with Crippen molar-refractivity contribution >= 4 is 12.4 Å². The number of halogens is 1. The predicted molar refractivity (Wildman–Crippen MR) is 54.4 cm³/mol. The molecular formula is C9H15ClN2. The number of rotatable bonds is 3. The van der Waals surface area contributed by atoms with E-state index in [4.69, 9.17) is 5.73 Å². The lowest BCUT2D eigenvalue weighted by atomic mass is 10.1. The maximum Gasteiger partial charge on any atom is 0.0484 e. The molecule has 0 aliphatic carbocycles. The molecular weight excluding hydrogens is 172 g/mol. The summed E-state index contributed by atoms with van der Waals surface area (Å²) in [6.45, 7) is 3.65. The highest BCUT2D eigenvalue weighted by Gasteiger charge is 2.05. The van der Waals surface area contributed by atoms with Gasteiger partial charge in [0.2, 0.25) is 0 Å². The van der Waals surface area contributed by atoms with E-state index in [1.807, 2.05) is 36.0 Å². The zero-order valence-electron chi connectivity index (χ0n) is 7.23. The van der Waals surface area contributed by atoms with Crippen LogP contribution in [0, 0.1) is 0 Å². The Morgan fingerprint density at radius 2 is 2.42 bits per heavy atom. The van der Waals surface area contributed by atoms with Gasteiger partial charge in [-0.15, -0.1) is 19.0 Å². The van der Waals surface area contributed by atoms with Crippen molar-refractivity contribution in [3.8, 4) is 0 Å². The van der Waals surface area contributed by atoms with Crippen LogP contribution in [-0.4, -0.2) is 4.57 Å². The van der Waals surface area contributed by atoms with Gasteiger partial charge < -0.3 is 10.3 Å². The Balaban J connectivity index is 0.00000121. The summed E-state index contributed by atoms with van der Waals surface area (Å²) in [6, 6.07) is 4.12. The third-order valence-electron chi connectivity index (χ3n) is 1.78. The summed E-state index contributed by atoms with van der Waals surface area (Å²) in [4.78, 5) is 0. The molecule has 0 fully saturated rings. The van der Waals surface area contributed by atoms with Crippen molar-refractivity contribution in [3.05, 3.63) is 36.7 Å². The van der Waals surface area contributed by atoms with Crippen LogP contribution in [-0.2, 0) is 7.05 Å². The molecule has 0 radical (unpaired) electrons. The van der Waals surface area contributed by atoms with Gasteiger partial charge in [0.1, 0.15) is 0 Å². The van der Waals surface area contributed by atoms with Gasteiger partial charge in [-0.1, -0.05) is 6.08 Å². The van der Waals surface area contributed by atoms with E-state index in [0.717, 1.165) is 12.1 Å². The molecule has 0 unspecified atom stereocenters. The second kappa shape index (κ2) is 5.01. The highest BCUT2D eigenvalue weighted by Crippen LogP contribution is 2.13. The number of hydrogen-bond donors (Lipinski definition) is 1. The average molecular weight is 187 g/mol. The zero-order valence-corrected chi connectivity index (χ0v) is 8.05. The molecule has 0 saturated heterocycles. The highest BCUT2D eigenvalue weighted by atomic mass is 35.5. The van der Waals surface area contributed by atoms with Gasteiger partial charge in [0.05, 0.1) is 0 Å². The first kappa shape index (κ1) is 11.3. The molecule has 0 aliphatic heterocycles. The van der Waals surface area contributed by atoms with E-state index in [0.29, 0.717) is 0 Å². The van der Waals surface area contributed by atoms with Gasteiger partial charge >= 0.3 is 0 Å². The quantitative estimate of drug-likeness (QED) is 0.720. The third-order valence-corrected chi connectivity index (χ3v) is 1.78. The van der Waals surface area contributed by atoms with Gasteiger partial charge in [0.15, 0.2) is 0 Å². The minimum atomic E-state index is 0. The van der Waals surface area contributed by atoms with Gasteiger partial charge in [-0.25, -0.2) is 0 Å². The van der Waals surface area contributed by atoms with E-state index >= 15 is 0 Å². The Kier molecular flexibility index (Phi) is 4.71. The van der Waals surface area contributed by atoms with Crippen molar-refractivity contribution in [1.29, 1.82) is 0 Å². The highest BCUT2D eigenvalue weighted by molar-refractivity contribution is 5.85. The second-order valence-electron chi connectivity index (χ2n) is 2.67. The van der Waals surface area contributed by atoms with E-state index in [9.17, 15) is 0 Å². The maximum absolute atomic E-state index is 5.86. The van der Waals surface area contributed by atoms with Crippen LogP contribution in [0.3, 0.4) is 0 Å². The normalized spacial score (nSPS) is 11.8. The van der Waals surface area contributed by atoms with Crippen LogP contribution in [0.1, 0.15) is 18.2 Å². The van der Waals surface area contributed by atoms with Crippen LogP contribution in [0.25, 0.3) is 0 Å². The van der Waals surface area contributed by atoms with Gasteiger partial charge in [-0.3, -0.25) is 0 Å². The molecule has 1 aromatic rings. The number of aromatic nitrogens is 1. The molecule has 1 rings (SSSR count). The third kappa shape index (κ3) is 2.40. The lowest BCUT2D eigenvalue weighted by Gasteiger charge is -2.09. The van der Waals surface area contributed by atoms with Gasteiger partial charge in [-0.05, 0) is 18.6 Å². The van der Waals surface area contributed by atoms with Gasteiger partial charge in [0.25, 0.3) is 0 Å². The first-order valence-corrected chi connectivity index (χ1v) is 3.73. The summed E-state index contributed by atoms with van der Waals surface area (Å²) in [6.07, 6.45) is 4.67. The molecule has 1 heterocycles. The van der Waals surface area contributed by atoms with Crippen molar-refractivity contribution in [2.45, 2.75) is 12.5 Å². The number of nitrogens with two attached hydrogens (primary N) is 1. The Labute approximate surface area is 79.5 Å². The largest absolute Gasteiger partial charge is 0.353 e. The molecule has 12 heavy (non-hydrogen) atoms. The van der Waals surface area contributed by atoms with Crippen LogP contribution in [0.15, 0.2) is 31.0 Å². The van der Waals surface area contributed by atoms with Crippen molar-refractivity contribution in [2.75, 3.05) is 0 Å². The molecule has 0 spiro atoms. The van der Waals surface area contributed by atoms with E-state index in [1.54, 1.807) is 0 Å². The molecule has 68 valence electrons. The molecule has 1 atom stereocenters. The molecule has 0 saturated carbocycles. The van der Waals surface area contributed by atoms with Crippen molar-refractivity contribution < 1.29 is 0 Å². The summed E-state index contributed by atoms with van der Waals surface area (Å²) >= 11 is 0. The monoisotopic (exact) mass is 186 g/mol. The summed E-state index contributed by atoms with van der Waals surface area (Å²) in [5, 5.41) is 0. The number of aryl methyl sites for hydroxylation is 1. The van der Waals surface area contributed by atoms with Crippen LogP contribution in [0.2, 0.25) is 0 Å². The Morgan fingerprint density at radius 1 is 1.75 bits per heavy atom. The molecule has 3 heteroatoms. The van der Waals surface area contributed by atoms with E-state index in [-0.39, 0.29) is 18.4 Å². The minimum Gasteiger partial charge on any atom is -0.353 e. The van der Waals surface area contributed by atoms with E-state index in [1.165, 1.54) is 0 Å². The SMILES string of the molecule is C=CC[C@@H](N)c1cccn1C.Cl. The summed E-state index contributed by atoms with van der Waals surface area (Å²) in [7, 11) is 2.00. The molecule has 1 aromatic heterocycles. The van der Waals surface area contributed by atoms with Crippen molar-refractivity contribution in [1.82, 2.24) is 4.57 Å². The molecule has 0 aromatic carbocycles. The molecule has 0 amide bonds. The van der Waals surface area contributed by atoms with Crippen LogP contribution < -0.4 is 5.73 Å². The molecule has 0 aliphatic rings. The minimum absolute atomic E-state index is 0. The van der Waals surface area contributed by atoms with Crippen LogP contribution in [0.4, 0.5) is 0 Å². The predicted octanol–water partition coefficient (Wildman–Crippen LogP) is 2.02. The molecule has 2 nitrogen and oxygen atoms in total. The lowest BCUT2D eigenvalue weighted by Crippen LogP contribution is -2.12. The van der Waals surface area contributed by atoms with Crippen LogP contribution in [0.5, 0.6) is 0 Å². The summed E-state index contributed by atoms with van der Waals surface area (Å²) in [5.74, 6) is 0. The fourth-order valence-corrected chi connectivity index (χ4v) is 1.16. The number of hydrogen-bond acceptors (Lipinski definition) is 1. The van der Waals surface area contributed by atoms with Gasteiger partial charge in [0, 0.05) is 25.0 Å². The topological polar surface area (TPSA) is 30.9 Å². The Hall–Kier alpha value is -0.730. The van der Waals surface area contributed by atoms with Crippen molar-refractivity contribution in [3.63, 3.8) is 0 Å². The van der Waals surface area contributed by atoms with Gasteiger partial charge in [-0.2, -0.15) is 0 Å². The summed E-state index contributed by atoms with van der Waals surface area (Å²) < 4.78 is 2.04. The second-order valence-corrected chi connectivity index (χ2v) is 2.67. The van der Waals surface area contributed by atoms with E-state index in [2.05, 4.69) is 6.58 Å². The van der Waals surface area contributed by atoms with E-state index < -0.39 is 0 Å². The maximum atomic E-state index is 5.86. The zero-order chi connectivity index (χ0) is 8.27. The smallest absolute Gasteiger partial charge is 0.0484 e.